The Morgan fingerprint density at radius 3 is 2.23 bits per heavy atom. The van der Waals surface area contributed by atoms with Crippen LogP contribution in [-0.4, -0.2) is 0 Å². The average Bonchev–Trinajstić information content (AvgIpc) is 2.16. The van der Waals surface area contributed by atoms with Gasteiger partial charge in [0.25, 0.3) is 0 Å². The molecule has 0 aliphatic heterocycles. The molecule has 0 aliphatic rings. The molecule has 0 fully saturated rings. The molecular weight excluding hydrogens is 176 g/mol. The van der Waals surface area contributed by atoms with Crippen molar-refractivity contribution < 1.29 is 0 Å². The fraction of sp³-hybridized carbons (Fsp3) is 0.500. The van der Waals surface area contributed by atoms with Gasteiger partial charge in [0.1, 0.15) is 0 Å². The molecule has 13 heavy (non-hydrogen) atoms. The summed E-state index contributed by atoms with van der Waals surface area (Å²) >= 11 is 4.31. The SMILES string of the molecule is CCc1cc(CS)cc(C(C)C)c1. The first-order valence-corrected chi connectivity index (χ1v) is 5.54. The lowest BCUT2D eigenvalue weighted by Crippen LogP contribution is -1.93. The molecule has 0 aromatic heterocycles. The zero-order chi connectivity index (χ0) is 9.84. The maximum atomic E-state index is 4.31. The molecule has 1 aromatic carbocycles. The van der Waals surface area contributed by atoms with Crippen molar-refractivity contribution in [1.82, 2.24) is 0 Å². The highest BCUT2D eigenvalue weighted by atomic mass is 32.1. The second-order valence-electron chi connectivity index (χ2n) is 3.75. The molecule has 1 aromatic rings. The minimum atomic E-state index is 0.616. The van der Waals surface area contributed by atoms with Gasteiger partial charge < -0.3 is 0 Å². The summed E-state index contributed by atoms with van der Waals surface area (Å²) in [6.45, 7) is 6.66. The van der Waals surface area contributed by atoms with Crippen LogP contribution in [0.25, 0.3) is 0 Å². The summed E-state index contributed by atoms with van der Waals surface area (Å²) in [6.07, 6.45) is 1.11. The Balaban J connectivity index is 3.07. The molecule has 0 aliphatic carbocycles. The molecule has 0 nitrogen and oxygen atoms in total. The highest BCUT2D eigenvalue weighted by Gasteiger charge is 2.02. The summed E-state index contributed by atoms with van der Waals surface area (Å²) in [5.74, 6) is 1.46. The van der Waals surface area contributed by atoms with Crippen molar-refractivity contribution in [2.24, 2.45) is 0 Å². The topological polar surface area (TPSA) is 0 Å². The fourth-order valence-electron chi connectivity index (χ4n) is 1.42. The van der Waals surface area contributed by atoms with E-state index in [4.69, 9.17) is 0 Å². The third-order valence-corrected chi connectivity index (χ3v) is 2.70. The van der Waals surface area contributed by atoms with Gasteiger partial charge in [-0.25, -0.2) is 0 Å². The Morgan fingerprint density at radius 1 is 1.15 bits per heavy atom. The highest BCUT2D eigenvalue weighted by Crippen LogP contribution is 2.19. The fourth-order valence-corrected chi connectivity index (χ4v) is 1.60. The third-order valence-electron chi connectivity index (χ3n) is 2.33. The van der Waals surface area contributed by atoms with Gasteiger partial charge in [0.15, 0.2) is 0 Å². The van der Waals surface area contributed by atoms with E-state index in [1.165, 1.54) is 16.7 Å². The molecule has 72 valence electrons. The van der Waals surface area contributed by atoms with Crippen LogP contribution in [-0.2, 0) is 12.2 Å². The van der Waals surface area contributed by atoms with E-state index in [-0.39, 0.29) is 0 Å². The van der Waals surface area contributed by atoms with Crippen LogP contribution in [0.5, 0.6) is 0 Å². The highest BCUT2D eigenvalue weighted by molar-refractivity contribution is 7.79. The summed E-state index contributed by atoms with van der Waals surface area (Å²) in [4.78, 5) is 0. The molecule has 0 saturated carbocycles. The van der Waals surface area contributed by atoms with Crippen LogP contribution in [0.4, 0.5) is 0 Å². The van der Waals surface area contributed by atoms with E-state index in [9.17, 15) is 0 Å². The van der Waals surface area contributed by atoms with Gasteiger partial charge in [0.05, 0.1) is 0 Å². The van der Waals surface area contributed by atoms with Gasteiger partial charge >= 0.3 is 0 Å². The van der Waals surface area contributed by atoms with Gasteiger partial charge in [-0.2, -0.15) is 12.6 Å². The molecule has 0 spiro atoms. The molecule has 0 radical (unpaired) electrons. The van der Waals surface area contributed by atoms with E-state index >= 15 is 0 Å². The minimum Gasteiger partial charge on any atom is -0.175 e. The van der Waals surface area contributed by atoms with Crippen molar-refractivity contribution in [3.05, 3.63) is 34.9 Å². The van der Waals surface area contributed by atoms with Gasteiger partial charge in [0, 0.05) is 5.75 Å². The van der Waals surface area contributed by atoms with Crippen LogP contribution < -0.4 is 0 Å². The number of hydrogen-bond donors (Lipinski definition) is 1. The first kappa shape index (κ1) is 10.6. The molecule has 0 unspecified atom stereocenters. The van der Waals surface area contributed by atoms with E-state index in [0.717, 1.165) is 12.2 Å². The zero-order valence-corrected chi connectivity index (χ0v) is 9.57. The van der Waals surface area contributed by atoms with Crippen molar-refractivity contribution in [2.45, 2.75) is 38.9 Å². The molecule has 0 amide bonds. The van der Waals surface area contributed by atoms with E-state index < -0.39 is 0 Å². The Kier molecular flexibility index (Phi) is 3.86. The van der Waals surface area contributed by atoms with Crippen molar-refractivity contribution in [2.75, 3.05) is 0 Å². The van der Waals surface area contributed by atoms with Gasteiger partial charge in [-0.05, 0) is 29.0 Å². The lowest BCUT2D eigenvalue weighted by atomic mass is 9.97. The largest absolute Gasteiger partial charge is 0.175 e. The number of hydrogen-bond acceptors (Lipinski definition) is 1. The number of aryl methyl sites for hydroxylation is 1. The number of benzene rings is 1. The molecule has 0 heterocycles. The van der Waals surface area contributed by atoms with E-state index in [0.29, 0.717) is 5.92 Å². The summed E-state index contributed by atoms with van der Waals surface area (Å²) in [6, 6.07) is 6.81. The van der Waals surface area contributed by atoms with Gasteiger partial charge in [-0.1, -0.05) is 39.0 Å². The average molecular weight is 194 g/mol. The summed E-state index contributed by atoms with van der Waals surface area (Å²) in [5.41, 5.74) is 4.20. The molecule has 0 saturated heterocycles. The predicted octanol–water partition coefficient (Wildman–Crippen LogP) is 3.80. The summed E-state index contributed by atoms with van der Waals surface area (Å²) < 4.78 is 0. The second-order valence-corrected chi connectivity index (χ2v) is 4.07. The van der Waals surface area contributed by atoms with Crippen LogP contribution in [0.1, 0.15) is 43.4 Å². The first-order chi connectivity index (χ1) is 6.17. The summed E-state index contributed by atoms with van der Waals surface area (Å²) in [7, 11) is 0. The van der Waals surface area contributed by atoms with E-state index in [2.05, 4.69) is 51.6 Å². The molecule has 1 heteroatoms. The normalized spacial score (nSPS) is 10.8. The number of rotatable bonds is 3. The van der Waals surface area contributed by atoms with Crippen LogP contribution in [0.2, 0.25) is 0 Å². The maximum absolute atomic E-state index is 4.31. The third kappa shape index (κ3) is 2.77. The Hall–Kier alpha value is -0.430. The van der Waals surface area contributed by atoms with Crippen molar-refractivity contribution in [3.63, 3.8) is 0 Å². The zero-order valence-electron chi connectivity index (χ0n) is 8.67. The van der Waals surface area contributed by atoms with Crippen molar-refractivity contribution >= 4 is 12.6 Å². The van der Waals surface area contributed by atoms with Gasteiger partial charge in [0.2, 0.25) is 0 Å². The molecule has 0 atom stereocenters. The van der Waals surface area contributed by atoms with Gasteiger partial charge in [-0.3, -0.25) is 0 Å². The van der Waals surface area contributed by atoms with Crippen LogP contribution >= 0.6 is 12.6 Å². The summed E-state index contributed by atoms with van der Waals surface area (Å²) in [5, 5.41) is 0. The number of thiol groups is 1. The molecule has 0 bridgehead atoms. The van der Waals surface area contributed by atoms with Crippen LogP contribution in [0.15, 0.2) is 18.2 Å². The Labute approximate surface area is 86.8 Å². The minimum absolute atomic E-state index is 0.616. The first-order valence-electron chi connectivity index (χ1n) is 4.91. The van der Waals surface area contributed by atoms with Crippen LogP contribution in [0, 0.1) is 0 Å². The Bertz CT molecular complexity index is 254. The standard InChI is InChI=1S/C12H18S/c1-4-10-5-11(8-13)7-12(6-10)9(2)3/h5-7,9,13H,4,8H2,1-3H3. The lowest BCUT2D eigenvalue weighted by molar-refractivity contribution is 0.860. The van der Waals surface area contributed by atoms with Crippen molar-refractivity contribution in [1.29, 1.82) is 0 Å². The van der Waals surface area contributed by atoms with Crippen LogP contribution in [0.3, 0.4) is 0 Å². The maximum Gasteiger partial charge on any atom is 0.0154 e. The molecular formula is C12H18S. The quantitative estimate of drug-likeness (QED) is 0.695. The van der Waals surface area contributed by atoms with Gasteiger partial charge in [-0.15, -0.1) is 0 Å². The second kappa shape index (κ2) is 4.71. The smallest absolute Gasteiger partial charge is 0.0154 e. The van der Waals surface area contributed by atoms with Crippen molar-refractivity contribution in [3.8, 4) is 0 Å². The van der Waals surface area contributed by atoms with E-state index in [1.54, 1.807) is 0 Å². The monoisotopic (exact) mass is 194 g/mol. The van der Waals surface area contributed by atoms with E-state index in [1.807, 2.05) is 0 Å². The molecule has 0 N–H and O–H groups in total. The molecule has 1 rings (SSSR count). The lowest BCUT2D eigenvalue weighted by Gasteiger charge is -2.09. The Morgan fingerprint density at radius 2 is 1.77 bits per heavy atom. The predicted molar refractivity (Wildman–Crippen MR) is 62.6 cm³/mol.